The first-order valence-electron chi connectivity index (χ1n) is 20.1. The number of hydrogen-bond acceptors (Lipinski definition) is 9. The Balaban J connectivity index is 1.01. The maximum absolute atomic E-state index is 14.4. The highest BCUT2D eigenvalue weighted by Crippen LogP contribution is 2.46. The SMILES string of the molecule is CCCC(=O)Nc1nc(-c2ccccc2)c(NC(=O)[C@@H]2CCCN2C(=O)[C@@H](NC(=O)CN(C)C(=O)OCC2C3=C(C=CCC3)c3ccccc32)C2CCNCC2)s1. The van der Waals surface area contributed by atoms with Crippen LogP contribution in [0.4, 0.5) is 14.9 Å². The van der Waals surface area contributed by atoms with Crippen molar-refractivity contribution in [1.82, 2.24) is 25.4 Å². The molecule has 2 aromatic carbocycles. The molecular formula is C43H51N7O6S. The first-order chi connectivity index (χ1) is 27.7. The van der Waals surface area contributed by atoms with Crippen LogP contribution in [-0.4, -0.2) is 96.4 Å². The summed E-state index contributed by atoms with van der Waals surface area (Å²) in [5.41, 5.74) is 6.10. The van der Waals surface area contributed by atoms with Crippen molar-refractivity contribution in [3.63, 3.8) is 0 Å². The summed E-state index contributed by atoms with van der Waals surface area (Å²) < 4.78 is 5.80. The minimum Gasteiger partial charge on any atom is -0.448 e. The summed E-state index contributed by atoms with van der Waals surface area (Å²) in [6.07, 6.45) is 9.03. The summed E-state index contributed by atoms with van der Waals surface area (Å²) in [6.45, 7) is 3.57. The van der Waals surface area contributed by atoms with Crippen LogP contribution < -0.4 is 21.3 Å². The molecule has 3 aromatic rings. The van der Waals surface area contributed by atoms with E-state index < -0.39 is 24.1 Å². The van der Waals surface area contributed by atoms with Crippen LogP contribution in [0.5, 0.6) is 0 Å². The van der Waals surface area contributed by atoms with Gasteiger partial charge in [0, 0.05) is 31.5 Å². The number of aromatic nitrogens is 1. The van der Waals surface area contributed by atoms with E-state index in [1.165, 1.54) is 40.0 Å². The number of rotatable bonds is 13. The zero-order valence-corrected chi connectivity index (χ0v) is 33.4. The second kappa shape index (κ2) is 18.3. The number of ether oxygens (including phenoxy) is 1. The van der Waals surface area contributed by atoms with Gasteiger partial charge in [0.2, 0.25) is 23.6 Å². The van der Waals surface area contributed by atoms with Gasteiger partial charge >= 0.3 is 6.09 Å². The van der Waals surface area contributed by atoms with Crippen molar-refractivity contribution >= 4 is 56.8 Å². The second-order valence-corrected chi connectivity index (χ2v) is 16.1. The lowest BCUT2D eigenvalue weighted by molar-refractivity contribution is -0.141. The molecule has 2 fully saturated rings. The Morgan fingerprint density at radius 1 is 1.00 bits per heavy atom. The molecule has 1 unspecified atom stereocenters. The first-order valence-corrected chi connectivity index (χ1v) is 20.9. The zero-order chi connectivity index (χ0) is 39.9. The van der Waals surface area contributed by atoms with Gasteiger partial charge in [0.05, 0.1) is 0 Å². The number of allylic oxidation sites excluding steroid dienone is 3. The first kappa shape index (κ1) is 39.9. The molecule has 57 heavy (non-hydrogen) atoms. The predicted molar refractivity (Wildman–Crippen MR) is 220 cm³/mol. The number of carbonyl (C=O) groups is 5. The standard InChI is InChI=1S/C43H51N7O6S/c1-3-12-35(51)46-42-47-37(27-13-5-4-6-14-27)40(57-42)48-39(53)34-19-11-24-50(34)41(54)38(28-20-22-44-23-21-28)45-36(52)25-49(2)43(55)56-26-33-31-17-9-7-15-29(31)30-16-8-10-18-32(30)33/h4-9,13-17,28,33-34,38,44H,3,10-12,18-26H2,1-2H3,(H,45,52)(H,48,53)(H,46,47,51)/t33?,34-,38-/m0/s1. The molecule has 3 heterocycles. The molecule has 0 radical (unpaired) electrons. The number of likely N-dealkylation sites (tertiary alicyclic amines) is 1. The number of benzene rings is 2. The quantitative estimate of drug-likeness (QED) is 0.166. The summed E-state index contributed by atoms with van der Waals surface area (Å²) in [6, 6.07) is 16.0. The Bertz CT molecular complexity index is 2040. The van der Waals surface area contributed by atoms with E-state index in [2.05, 4.69) is 50.5 Å². The fraction of sp³-hybridized carbons (Fsp3) is 0.442. The maximum Gasteiger partial charge on any atom is 0.409 e. The third-order valence-electron chi connectivity index (χ3n) is 11.2. The van der Waals surface area contributed by atoms with E-state index >= 15 is 0 Å². The minimum absolute atomic E-state index is 0.0328. The van der Waals surface area contributed by atoms with Crippen molar-refractivity contribution in [3.8, 4) is 11.3 Å². The van der Waals surface area contributed by atoms with Crippen molar-refractivity contribution in [2.75, 3.05) is 50.5 Å². The Hall–Kier alpha value is -5.34. The van der Waals surface area contributed by atoms with Gasteiger partial charge in [0.1, 0.15) is 35.9 Å². The molecule has 0 bridgehead atoms. The van der Waals surface area contributed by atoms with Crippen LogP contribution in [0.3, 0.4) is 0 Å². The molecule has 0 saturated carbocycles. The van der Waals surface area contributed by atoms with Crippen molar-refractivity contribution in [1.29, 1.82) is 0 Å². The number of amides is 5. The number of fused-ring (bicyclic) bond motifs is 2. The molecule has 14 heteroatoms. The highest BCUT2D eigenvalue weighted by molar-refractivity contribution is 7.20. The number of likely N-dealkylation sites (N-methyl/N-ethyl adjacent to an activating group) is 1. The Labute approximate surface area is 337 Å². The lowest BCUT2D eigenvalue weighted by Crippen LogP contribution is -2.57. The van der Waals surface area contributed by atoms with Crippen molar-refractivity contribution in [2.45, 2.75) is 76.3 Å². The smallest absolute Gasteiger partial charge is 0.409 e. The summed E-state index contributed by atoms with van der Waals surface area (Å²) in [5.74, 6) is -1.50. The molecule has 4 N–H and O–H groups in total. The number of nitrogens with zero attached hydrogens (tertiary/aromatic N) is 3. The van der Waals surface area contributed by atoms with Crippen LogP contribution in [-0.2, 0) is 23.9 Å². The molecule has 4 aliphatic rings. The van der Waals surface area contributed by atoms with Gasteiger partial charge in [-0.25, -0.2) is 9.78 Å². The molecule has 13 nitrogen and oxygen atoms in total. The average molecular weight is 794 g/mol. The van der Waals surface area contributed by atoms with E-state index in [-0.39, 0.29) is 42.7 Å². The monoisotopic (exact) mass is 793 g/mol. The average Bonchev–Trinajstić information content (AvgIpc) is 3.96. The third-order valence-corrected chi connectivity index (χ3v) is 12.1. The van der Waals surface area contributed by atoms with Crippen LogP contribution in [0.25, 0.3) is 16.8 Å². The number of nitrogens with one attached hydrogen (secondary N) is 4. The third kappa shape index (κ3) is 9.12. The highest BCUT2D eigenvalue weighted by Gasteiger charge is 2.41. The normalized spacial score (nSPS) is 19.4. The number of hydrogen-bond donors (Lipinski definition) is 4. The van der Waals surface area contributed by atoms with Gasteiger partial charge in [-0.2, -0.15) is 0 Å². The molecular weight excluding hydrogens is 743 g/mol. The fourth-order valence-corrected chi connectivity index (χ4v) is 9.30. The molecule has 2 aliphatic carbocycles. The van der Waals surface area contributed by atoms with Crippen molar-refractivity contribution in [3.05, 3.63) is 83.4 Å². The van der Waals surface area contributed by atoms with E-state index in [0.29, 0.717) is 74.0 Å². The topological polar surface area (TPSA) is 162 Å². The molecule has 300 valence electrons. The van der Waals surface area contributed by atoms with Crippen LogP contribution >= 0.6 is 11.3 Å². The largest absolute Gasteiger partial charge is 0.448 e. The van der Waals surface area contributed by atoms with Crippen LogP contribution in [0.2, 0.25) is 0 Å². The van der Waals surface area contributed by atoms with Gasteiger partial charge in [-0.1, -0.05) is 90.6 Å². The Morgan fingerprint density at radius 3 is 2.56 bits per heavy atom. The lowest BCUT2D eigenvalue weighted by Gasteiger charge is -2.35. The van der Waals surface area contributed by atoms with Gasteiger partial charge in [-0.3, -0.25) is 19.2 Å². The predicted octanol–water partition coefficient (Wildman–Crippen LogP) is 5.93. The van der Waals surface area contributed by atoms with E-state index in [4.69, 9.17) is 4.74 Å². The molecule has 0 spiro atoms. The number of thiazole rings is 1. The van der Waals surface area contributed by atoms with Gasteiger partial charge in [-0.05, 0) is 80.7 Å². The van der Waals surface area contributed by atoms with Crippen LogP contribution in [0.15, 0.2) is 72.3 Å². The van der Waals surface area contributed by atoms with Crippen LogP contribution in [0, 0.1) is 5.92 Å². The van der Waals surface area contributed by atoms with Crippen molar-refractivity contribution in [2.24, 2.45) is 5.92 Å². The molecule has 5 amide bonds. The zero-order valence-electron chi connectivity index (χ0n) is 32.6. The maximum atomic E-state index is 14.4. The van der Waals surface area contributed by atoms with Crippen LogP contribution in [0.1, 0.15) is 75.3 Å². The van der Waals surface area contributed by atoms with E-state index in [0.717, 1.165) is 24.0 Å². The van der Waals surface area contributed by atoms with E-state index in [1.807, 2.05) is 49.4 Å². The molecule has 2 saturated heterocycles. The van der Waals surface area contributed by atoms with Gasteiger partial charge < -0.3 is 35.8 Å². The van der Waals surface area contributed by atoms with Crippen molar-refractivity contribution < 1.29 is 28.7 Å². The molecule has 3 atom stereocenters. The number of piperidine rings is 1. The second-order valence-electron chi connectivity index (χ2n) is 15.1. The van der Waals surface area contributed by atoms with Gasteiger partial charge in [0.25, 0.3) is 0 Å². The summed E-state index contributed by atoms with van der Waals surface area (Å²) in [4.78, 5) is 75.2. The fourth-order valence-electron chi connectivity index (χ4n) is 8.39. The summed E-state index contributed by atoms with van der Waals surface area (Å²) in [5, 5.41) is 13.0. The molecule has 1 aromatic heterocycles. The van der Waals surface area contributed by atoms with E-state index in [9.17, 15) is 24.0 Å². The summed E-state index contributed by atoms with van der Waals surface area (Å²) in [7, 11) is 1.52. The highest BCUT2D eigenvalue weighted by atomic mass is 32.1. The Kier molecular flexibility index (Phi) is 12.8. The molecule has 2 aliphatic heterocycles. The van der Waals surface area contributed by atoms with E-state index in [1.54, 1.807) is 4.90 Å². The summed E-state index contributed by atoms with van der Waals surface area (Å²) >= 11 is 1.17. The lowest BCUT2D eigenvalue weighted by atomic mass is 9.89. The Morgan fingerprint density at radius 2 is 1.77 bits per heavy atom. The number of carbonyl (C=O) groups excluding carboxylic acids is 5. The van der Waals surface area contributed by atoms with Gasteiger partial charge in [-0.15, -0.1) is 0 Å². The minimum atomic E-state index is -0.874. The van der Waals surface area contributed by atoms with Gasteiger partial charge in [0.15, 0.2) is 5.13 Å². The number of anilines is 2. The molecule has 7 rings (SSSR count).